The van der Waals surface area contributed by atoms with Crippen molar-refractivity contribution in [2.45, 2.75) is 33.2 Å². The van der Waals surface area contributed by atoms with E-state index in [0.29, 0.717) is 6.42 Å². The molecule has 1 atom stereocenters. The van der Waals surface area contributed by atoms with Crippen LogP contribution >= 0.6 is 11.3 Å². The van der Waals surface area contributed by atoms with Crippen LogP contribution in [0.5, 0.6) is 0 Å². The molecule has 0 saturated heterocycles. The van der Waals surface area contributed by atoms with E-state index in [0.717, 1.165) is 10.6 Å². The van der Waals surface area contributed by atoms with Gasteiger partial charge in [-0.25, -0.2) is 9.78 Å². The Kier molecular flexibility index (Phi) is 5.50. The van der Waals surface area contributed by atoms with Crippen LogP contribution in [-0.2, 0) is 11.2 Å². The molecular formula is C17H20N2O3S. The second kappa shape index (κ2) is 7.37. The number of carbonyl (C=O) groups excluding carboxylic acids is 1. The van der Waals surface area contributed by atoms with Gasteiger partial charge in [-0.05, 0) is 18.4 Å². The van der Waals surface area contributed by atoms with Gasteiger partial charge in [-0.15, -0.1) is 11.3 Å². The van der Waals surface area contributed by atoms with Gasteiger partial charge in [0.1, 0.15) is 11.7 Å². The van der Waals surface area contributed by atoms with E-state index in [-0.39, 0.29) is 11.6 Å². The summed E-state index contributed by atoms with van der Waals surface area (Å²) in [5, 5.41) is 14.1. The number of hydrogen-bond acceptors (Lipinski definition) is 4. The fraction of sp³-hybridized carbons (Fsp3) is 0.353. The molecule has 0 aliphatic rings. The number of carbonyl (C=O) groups is 2. The predicted octanol–water partition coefficient (Wildman–Crippen LogP) is 2.88. The maximum Gasteiger partial charge on any atom is 0.326 e. The Hall–Kier alpha value is -2.21. The van der Waals surface area contributed by atoms with Crippen molar-refractivity contribution in [1.82, 2.24) is 10.3 Å². The minimum absolute atomic E-state index is 0.192. The molecule has 23 heavy (non-hydrogen) atoms. The number of thiazole rings is 1. The Morgan fingerprint density at radius 1 is 1.26 bits per heavy atom. The Labute approximate surface area is 139 Å². The largest absolute Gasteiger partial charge is 0.480 e. The van der Waals surface area contributed by atoms with Crippen LogP contribution in [-0.4, -0.2) is 28.0 Å². The lowest BCUT2D eigenvalue weighted by Crippen LogP contribution is -2.44. The van der Waals surface area contributed by atoms with Crippen LogP contribution in [0.3, 0.4) is 0 Å². The van der Waals surface area contributed by atoms with Crippen molar-refractivity contribution >= 4 is 23.2 Å². The third-order valence-electron chi connectivity index (χ3n) is 3.48. The van der Waals surface area contributed by atoms with Crippen molar-refractivity contribution in [2.75, 3.05) is 0 Å². The summed E-state index contributed by atoms with van der Waals surface area (Å²) in [4.78, 5) is 27.6. The van der Waals surface area contributed by atoms with Crippen molar-refractivity contribution in [1.29, 1.82) is 0 Å². The Morgan fingerprint density at radius 2 is 1.91 bits per heavy atom. The summed E-state index contributed by atoms with van der Waals surface area (Å²) in [6.07, 6.45) is 0.658. The number of benzene rings is 1. The minimum atomic E-state index is -1.04. The average Bonchev–Trinajstić information content (AvgIpc) is 2.95. The molecule has 2 N–H and O–H groups in total. The van der Waals surface area contributed by atoms with E-state index in [2.05, 4.69) is 10.3 Å². The van der Waals surface area contributed by atoms with Crippen molar-refractivity contribution < 1.29 is 14.7 Å². The molecule has 1 amide bonds. The van der Waals surface area contributed by atoms with Gasteiger partial charge in [-0.2, -0.15) is 0 Å². The second-order valence-electron chi connectivity index (χ2n) is 5.82. The van der Waals surface area contributed by atoms with E-state index in [1.54, 1.807) is 19.2 Å². The van der Waals surface area contributed by atoms with Crippen LogP contribution in [0.1, 0.15) is 40.5 Å². The van der Waals surface area contributed by atoms with Gasteiger partial charge in [-0.1, -0.05) is 43.7 Å². The zero-order valence-electron chi connectivity index (χ0n) is 13.4. The highest BCUT2D eigenvalue weighted by molar-refractivity contribution is 7.09. The van der Waals surface area contributed by atoms with Crippen molar-refractivity contribution in [3.63, 3.8) is 0 Å². The van der Waals surface area contributed by atoms with Gasteiger partial charge >= 0.3 is 5.97 Å². The van der Waals surface area contributed by atoms with Crippen LogP contribution in [0, 0.1) is 12.8 Å². The third kappa shape index (κ3) is 4.63. The summed E-state index contributed by atoms with van der Waals surface area (Å²) in [5.74, 6) is -1.68. The number of nitrogens with one attached hydrogen (secondary N) is 1. The first-order chi connectivity index (χ1) is 10.9. The summed E-state index contributed by atoms with van der Waals surface area (Å²) >= 11 is 1.40. The molecule has 0 aliphatic heterocycles. The summed E-state index contributed by atoms with van der Waals surface area (Å²) < 4.78 is 0. The normalized spacial score (nSPS) is 12.2. The van der Waals surface area contributed by atoms with Gasteiger partial charge < -0.3 is 10.4 Å². The number of carboxylic acids is 1. The Morgan fingerprint density at radius 3 is 2.48 bits per heavy atom. The zero-order chi connectivity index (χ0) is 17.0. The second-order valence-corrected chi connectivity index (χ2v) is 6.76. The van der Waals surface area contributed by atoms with E-state index in [9.17, 15) is 9.59 Å². The van der Waals surface area contributed by atoms with E-state index in [1.807, 2.05) is 31.2 Å². The number of carboxylic acid groups (broad SMARTS) is 1. The van der Waals surface area contributed by atoms with E-state index in [1.165, 1.54) is 16.9 Å². The number of aliphatic carboxylic acids is 1. The first-order valence-electron chi connectivity index (χ1n) is 7.40. The molecule has 1 heterocycles. The number of amides is 1. The highest BCUT2D eigenvalue weighted by Gasteiger charge is 2.24. The van der Waals surface area contributed by atoms with Crippen LogP contribution in [0.25, 0.3) is 0 Å². The lowest BCUT2D eigenvalue weighted by molar-refractivity contribution is -0.140. The summed E-state index contributed by atoms with van der Waals surface area (Å²) in [6.45, 7) is 5.54. The van der Waals surface area contributed by atoms with Crippen molar-refractivity contribution in [2.24, 2.45) is 5.92 Å². The Bertz CT molecular complexity index is 692. The topological polar surface area (TPSA) is 79.3 Å². The highest BCUT2D eigenvalue weighted by Crippen LogP contribution is 2.16. The lowest BCUT2D eigenvalue weighted by Gasteiger charge is -2.16. The minimum Gasteiger partial charge on any atom is -0.480 e. The summed E-state index contributed by atoms with van der Waals surface area (Å²) in [7, 11) is 0. The van der Waals surface area contributed by atoms with Gasteiger partial charge in [0.05, 0.1) is 5.01 Å². The van der Waals surface area contributed by atoms with E-state index >= 15 is 0 Å². The monoisotopic (exact) mass is 332 g/mol. The van der Waals surface area contributed by atoms with Crippen molar-refractivity contribution in [3.05, 3.63) is 51.5 Å². The molecular weight excluding hydrogens is 312 g/mol. The molecule has 0 spiro atoms. The molecule has 0 unspecified atom stereocenters. The van der Waals surface area contributed by atoms with Gasteiger partial charge in [-0.3, -0.25) is 4.79 Å². The number of rotatable bonds is 6. The molecule has 0 saturated carbocycles. The molecule has 6 heteroatoms. The number of nitrogens with zero attached hydrogens (tertiary/aromatic N) is 1. The van der Waals surface area contributed by atoms with E-state index in [4.69, 9.17) is 5.11 Å². The van der Waals surface area contributed by atoms with Crippen LogP contribution in [0.4, 0.5) is 0 Å². The molecule has 0 bridgehead atoms. The fourth-order valence-corrected chi connectivity index (χ4v) is 2.91. The van der Waals surface area contributed by atoms with Crippen LogP contribution in [0.15, 0.2) is 29.6 Å². The molecule has 0 radical (unpaired) electrons. The molecule has 1 aromatic heterocycles. The maximum atomic E-state index is 12.1. The van der Waals surface area contributed by atoms with Gasteiger partial charge in [0, 0.05) is 11.8 Å². The molecule has 5 nitrogen and oxygen atoms in total. The first-order valence-corrected chi connectivity index (χ1v) is 8.28. The maximum absolute atomic E-state index is 12.1. The quantitative estimate of drug-likeness (QED) is 0.852. The fourth-order valence-electron chi connectivity index (χ4n) is 2.11. The van der Waals surface area contributed by atoms with Crippen LogP contribution in [0.2, 0.25) is 0 Å². The van der Waals surface area contributed by atoms with Gasteiger partial charge in [0.15, 0.2) is 0 Å². The Balaban J connectivity index is 2.04. The molecule has 0 fully saturated rings. The smallest absolute Gasteiger partial charge is 0.326 e. The molecule has 122 valence electrons. The zero-order valence-corrected chi connectivity index (χ0v) is 14.2. The van der Waals surface area contributed by atoms with Gasteiger partial charge in [0.25, 0.3) is 5.91 Å². The van der Waals surface area contributed by atoms with Gasteiger partial charge in [0.2, 0.25) is 0 Å². The first kappa shape index (κ1) is 17.1. The molecule has 1 aromatic carbocycles. The predicted molar refractivity (Wildman–Crippen MR) is 89.8 cm³/mol. The SMILES string of the molecule is Cc1ccc(Cc2nc(C(=O)N[C@H](C(=O)O)C(C)C)cs2)cc1. The summed E-state index contributed by atoms with van der Waals surface area (Å²) in [6, 6.07) is 7.24. The third-order valence-corrected chi connectivity index (χ3v) is 4.33. The average molecular weight is 332 g/mol. The standard InChI is InChI=1S/C17H20N2O3S/c1-10(2)15(17(21)22)19-16(20)13-9-23-14(18-13)8-12-6-4-11(3)5-7-12/h4-7,9-10,15H,8H2,1-3H3,(H,19,20)(H,21,22)/t15-/m0/s1. The highest BCUT2D eigenvalue weighted by atomic mass is 32.1. The number of aromatic nitrogens is 1. The molecule has 0 aliphatic carbocycles. The number of aryl methyl sites for hydroxylation is 1. The van der Waals surface area contributed by atoms with Crippen LogP contribution < -0.4 is 5.32 Å². The number of hydrogen-bond donors (Lipinski definition) is 2. The van der Waals surface area contributed by atoms with Crippen molar-refractivity contribution in [3.8, 4) is 0 Å². The molecule has 2 rings (SSSR count). The van der Waals surface area contributed by atoms with E-state index < -0.39 is 17.9 Å². The summed E-state index contributed by atoms with van der Waals surface area (Å²) in [5.41, 5.74) is 2.59. The lowest BCUT2D eigenvalue weighted by atomic mass is 10.0. The molecule has 2 aromatic rings.